The van der Waals surface area contributed by atoms with Gasteiger partial charge in [-0.1, -0.05) is 30.3 Å². The van der Waals surface area contributed by atoms with E-state index in [4.69, 9.17) is 0 Å². The van der Waals surface area contributed by atoms with Crippen LogP contribution in [0, 0.1) is 0 Å². The molecule has 1 amide bonds. The molecule has 17 heavy (non-hydrogen) atoms. The molecule has 3 heteroatoms. The van der Waals surface area contributed by atoms with E-state index < -0.39 is 0 Å². The lowest BCUT2D eigenvalue weighted by Gasteiger charge is -2.13. The molecule has 2 aromatic rings. The minimum atomic E-state index is -0.0306. The van der Waals surface area contributed by atoms with Gasteiger partial charge in [-0.25, -0.2) is 0 Å². The minimum Gasteiger partial charge on any atom is -0.345 e. The quantitative estimate of drug-likeness (QED) is 0.788. The standard InChI is InChI=1S/C14H14N2O/c1-16(2)14(17)13-10-15-9-8-12(13)11-6-4-3-5-7-11/h3-10H,1-2H3. The van der Waals surface area contributed by atoms with Crippen molar-refractivity contribution >= 4 is 5.91 Å². The van der Waals surface area contributed by atoms with Gasteiger partial charge >= 0.3 is 0 Å². The molecule has 0 radical (unpaired) electrons. The molecule has 1 aromatic heterocycles. The highest BCUT2D eigenvalue weighted by Gasteiger charge is 2.13. The number of benzene rings is 1. The van der Waals surface area contributed by atoms with Gasteiger partial charge < -0.3 is 4.90 Å². The van der Waals surface area contributed by atoms with Gasteiger partial charge in [0.25, 0.3) is 5.91 Å². The molecule has 1 heterocycles. The van der Waals surface area contributed by atoms with E-state index >= 15 is 0 Å². The molecule has 1 aromatic carbocycles. The first kappa shape index (κ1) is 11.3. The van der Waals surface area contributed by atoms with Crippen molar-refractivity contribution in [3.05, 3.63) is 54.4 Å². The summed E-state index contributed by atoms with van der Waals surface area (Å²) in [5.74, 6) is -0.0306. The lowest BCUT2D eigenvalue weighted by atomic mass is 10.0. The number of carbonyl (C=O) groups excluding carboxylic acids is 1. The third kappa shape index (κ3) is 2.33. The van der Waals surface area contributed by atoms with Crippen molar-refractivity contribution in [1.29, 1.82) is 0 Å². The Morgan fingerprint density at radius 2 is 1.82 bits per heavy atom. The summed E-state index contributed by atoms with van der Waals surface area (Å²) >= 11 is 0. The van der Waals surface area contributed by atoms with Crippen molar-refractivity contribution in [1.82, 2.24) is 9.88 Å². The van der Waals surface area contributed by atoms with Crippen LogP contribution in [0.2, 0.25) is 0 Å². The van der Waals surface area contributed by atoms with Gasteiger partial charge in [-0.3, -0.25) is 9.78 Å². The Bertz CT molecular complexity index is 521. The number of hydrogen-bond donors (Lipinski definition) is 0. The number of carbonyl (C=O) groups is 1. The maximum absolute atomic E-state index is 12.0. The first-order valence-corrected chi connectivity index (χ1v) is 5.41. The van der Waals surface area contributed by atoms with Gasteiger partial charge in [0.15, 0.2) is 0 Å². The number of amides is 1. The average Bonchev–Trinajstić information content (AvgIpc) is 2.39. The van der Waals surface area contributed by atoms with Crippen molar-refractivity contribution in [2.75, 3.05) is 14.1 Å². The monoisotopic (exact) mass is 226 g/mol. The van der Waals surface area contributed by atoms with Crippen LogP contribution in [0.5, 0.6) is 0 Å². The number of aromatic nitrogens is 1. The summed E-state index contributed by atoms with van der Waals surface area (Å²) in [7, 11) is 3.48. The van der Waals surface area contributed by atoms with Gasteiger partial charge in [0, 0.05) is 26.5 Å². The van der Waals surface area contributed by atoms with Crippen molar-refractivity contribution in [3.8, 4) is 11.1 Å². The molecule has 86 valence electrons. The highest BCUT2D eigenvalue weighted by molar-refractivity contribution is 6.00. The van der Waals surface area contributed by atoms with E-state index in [0.29, 0.717) is 5.56 Å². The molecular weight excluding hydrogens is 212 g/mol. The zero-order valence-corrected chi connectivity index (χ0v) is 9.92. The van der Waals surface area contributed by atoms with E-state index in [2.05, 4.69) is 4.98 Å². The van der Waals surface area contributed by atoms with Crippen LogP contribution in [0.25, 0.3) is 11.1 Å². The van der Waals surface area contributed by atoms with Crippen LogP contribution in [-0.4, -0.2) is 29.9 Å². The number of nitrogens with zero attached hydrogens (tertiary/aromatic N) is 2. The fraction of sp³-hybridized carbons (Fsp3) is 0.143. The molecule has 0 saturated heterocycles. The van der Waals surface area contributed by atoms with Crippen molar-refractivity contribution < 1.29 is 4.79 Å². The van der Waals surface area contributed by atoms with E-state index in [1.54, 1.807) is 31.4 Å². The Morgan fingerprint density at radius 1 is 1.12 bits per heavy atom. The van der Waals surface area contributed by atoms with Crippen LogP contribution in [0.1, 0.15) is 10.4 Å². The van der Waals surface area contributed by atoms with E-state index in [9.17, 15) is 4.79 Å². The zero-order chi connectivity index (χ0) is 12.3. The Hall–Kier alpha value is -2.16. The molecule has 0 N–H and O–H groups in total. The fourth-order valence-corrected chi connectivity index (χ4v) is 1.68. The highest BCUT2D eigenvalue weighted by atomic mass is 16.2. The normalized spacial score (nSPS) is 10.0. The third-order valence-electron chi connectivity index (χ3n) is 2.54. The average molecular weight is 226 g/mol. The summed E-state index contributed by atoms with van der Waals surface area (Å²) in [6.07, 6.45) is 3.32. The molecule has 0 aliphatic rings. The maximum atomic E-state index is 12.0. The fourth-order valence-electron chi connectivity index (χ4n) is 1.68. The second kappa shape index (κ2) is 4.78. The highest BCUT2D eigenvalue weighted by Crippen LogP contribution is 2.23. The van der Waals surface area contributed by atoms with Gasteiger partial charge in [-0.2, -0.15) is 0 Å². The van der Waals surface area contributed by atoms with E-state index in [1.807, 2.05) is 36.4 Å². The summed E-state index contributed by atoms with van der Waals surface area (Å²) in [4.78, 5) is 17.6. The van der Waals surface area contributed by atoms with Crippen LogP contribution in [0.15, 0.2) is 48.8 Å². The zero-order valence-electron chi connectivity index (χ0n) is 9.92. The van der Waals surface area contributed by atoms with Crippen molar-refractivity contribution in [3.63, 3.8) is 0 Å². The van der Waals surface area contributed by atoms with Crippen molar-refractivity contribution in [2.24, 2.45) is 0 Å². The molecule has 0 spiro atoms. The maximum Gasteiger partial charge on any atom is 0.255 e. The molecule has 3 nitrogen and oxygen atoms in total. The van der Waals surface area contributed by atoms with Gasteiger partial charge in [0.2, 0.25) is 0 Å². The first-order valence-electron chi connectivity index (χ1n) is 5.41. The molecule has 0 unspecified atom stereocenters. The predicted octanol–water partition coefficient (Wildman–Crippen LogP) is 2.45. The molecule has 0 aliphatic carbocycles. The molecule has 2 rings (SSSR count). The van der Waals surface area contributed by atoms with Crippen LogP contribution < -0.4 is 0 Å². The van der Waals surface area contributed by atoms with Gasteiger partial charge in [-0.15, -0.1) is 0 Å². The Morgan fingerprint density at radius 3 is 2.47 bits per heavy atom. The molecule has 0 bridgehead atoms. The molecule has 0 aliphatic heterocycles. The largest absolute Gasteiger partial charge is 0.345 e. The summed E-state index contributed by atoms with van der Waals surface area (Å²) in [5, 5.41) is 0. The summed E-state index contributed by atoms with van der Waals surface area (Å²) in [5.41, 5.74) is 2.57. The van der Waals surface area contributed by atoms with Gasteiger partial charge in [0.05, 0.1) is 5.56 Å². The number of rotatable bonds is 2. The Balaban J connectivity index is 2.52. The van der Waals surface area contributed by atoms with Gasteiger partial charge in [0.1, 0.15) is 0 Å². The SMILES string of the molecule is CN(C)C(=O)c1cnccc1-c1ccccc1. The minimum absolute atomic E-state index is 0.0306. The molecule has 0 atom stereocenters. The lowest BCUT2D eigenvalue weighted by molar-refractivity contribution is 0.0828. The molecule has 0 saturated carbocycles. The second-order valence-corrected chi connectivity index (χ2v) is 3.99. The lowest BCUT2D eigenvalue weighted by Crippen LogP contribution is -2.22. The van der Waals surface area contributed by atoms with Crippen LogP contribution >= 0.6 is 0 Å². The summed E-state index contributed by atoms with van der Waals surface area (Å²) < 4.78 is 0. The van der Waals surface area contributed by atoms with Gasteiger partial charge in [-0.05, 0) is 17.2 Å². The third-order valence-corrected chi connectivity index (χ3v) is 2.54. The van der Waals surface area contributed by atoms with E-state index in [-0.39, 0.29) is 5.91 Å². The number of hydrogen-bond acceptors (Lipinski definition) is 2. The Kier molecular flexibility index (Phi) is 3.19. The summed E-state index contributed by atoms with van der Waals surface area (Å²) in [6, 6.07) is 11.7. The molecular formula is C14H14N2O. The van der Waals surface area contributed by atoms with E-state index in [0.717, 1.165) is 11.1 Å². The Labute approximate surface area is 101 Å². The predicted molar refractivity (Wildman–Crippen MR) is 67.7 cm³/mol. The smallest absolute Gasteiger partial charge is 0.255 e. The van der Waals surface area contributed by atoms with E-state index in [1.165, 1.54) is 0 Å². The topological polar surface area (TPSA) is 33.2 Å². The second-order valence-electron chi connectivity index (χ2n) is 3.99. The van der Waals surface area contributed by atoms with Crippen LogP contribution in [0.4, 0.5) is 0 Å². The van der Waals surface area contributed by atoms with Crippen LogP contribution in [0.3, 0.4) is 0 Å². The van der Waals surface area contributed by atoms with Crippen LogP contribution in [-0.2, 0) is 0 Å². The molecule has 0 fully saturated rings. The first-order chi connectivity index (χ1) is 8.20. The number of pyridine rings is 1. The van der Waals surface area contributed by atoms with Crippen molar-refractivity contribution in [2.45, 2.75) is 0 Å². The summed E-state index contributed by atoms with van der Waals surface area (Å²) in [6.45, 7) is 0.